The number of pyridine rings is 4. The van der Waals surface area contributed by atoms with Gasteiger partial charge in [0, 0.05) is 67.0 Å². The first kappa shape index (κ1) is 47.2. The van der Waals surface area contributed by atoms with E-state index in [0.717, 1.165) is 85.1 Å². The lowest BCUT2D eigenvalue weighted by molar-refractivity contribution is -0.385. The van der Waals surface area contributed by atoms with Crippen molar-refractivity contribution in [3.05, 3.63) is 175 Å². The minimum atomic E-state index is -0.624. The van der Waals surface area contributed by atoms with Crippen LogP contribution in [0, 0.1) is 35.8 Å². The Morgan fingerprint density at radius 1 is 0.652 bits per heavy atom. The molecule has 4 heterocycles. The zero-order valence-corrected chi connectivity index (χ0v) is 38.3. The number of allylic oxidation sites excluding steroid dienone is 2. The van der Waals surface area contributed by atoms with E-state index in [1.54, 1.807) is 18.5 Å². The predicted molar refractivity (Wildman–Crippen MR) is 258 cm³/mol. The molecule has 0 atom stereocenters. The Morgan fingerprint density at radius 3 is 1.53 bits per heavy atom. The zero-order valence-electron chi connectivity index (χ0n) is 36.8. The van der Waals surface area contributed by atoms with Crippen LogP contribution in [0.25, 0.3) is 12.2 Å². The van der Waals surface area contributed by atoms with Crippen molar-refractivity contribution in [3.63, 3.8) is 0 Å². The molecule has 2 fully saturated rings. The minimum absolute atomic E-state index is 0.0767. The molecule has 14 heteroatoms. The molecule has 0 aliphatic heterocycles. The first-order valence-corrected chi connectivity index (χ1v) is 22.7. The number of benzene rings is 2. The van der Waals surface area contributed by atoms with Crippen molar-refractivity contribution in [2.75, 3.05) is 5.73 Å². The zero-order chi connectivity index (χ0) is 46.6. The molecule has 66 heavy (non-hydrogen) atoms. The molecule has 2 saturated carbocycles. The lowest BCUT2D eigenvalue weighted by Gasteiger charge is -2.23. The number of ketones is 2. The van der Waals surface area contributed by atoms with E-state index < -0.39 is 4.92 Å². The molecule has 2 aliphatic rings. The monoisotopic (exact) mass is 924 g/mol. The third-order valence-electron chi connectivity index (χ3n) is 11.6. The van der Waals surface area contributed by atoms with Crippen LogP contribution in [0.2, 0.25) is 10.3 Å². The molecule has 0 amide bonds. The number of aryl methyl sites for hydroxylation is 2. The van der Waals surface area contributed by atoms with E-state index >= 15 is 0 Å². The van der Waals surface area contributed by atoms with E-state index in [9.17, 15) is 19.7 Å². The first-order valence-electron chi connectivity index (χ1n) is 21.9. The Morgan fingerprint density at radius 2 is 1.11 bits per heavy atom. The number of nitrogens with zero attached hydrogens (tertiary/aromatic N) is 5. The van der Waals surface area contributed by atoms with Crippen LogP contribution in [-0.2, 0) is 0 Å². The molecule has 12 nitrogen and oxygen atoms in total. The van der Waals surface area contributed by atoms with Crippen molar-refractivity contribution in [2.24, 2.45) is 11.8 Å². The van der Waals surface area contributed by atoms with Gasteiger partial charge in [-0.15, -0.1) is 0 Å². The number of nitro groups is 1. The van der Waals surface area contributed by atoms with Gasteiger partial charge < -0.3 is 15.2 Å². The number of carbonyl (C=O) groups excluding carboxylic acids is 2. The summed E-state index contributed by atoms with van der Waals surface area (Å²) >= 11 is 11.6. The third kappa shape index (κ3) is 13.6. The Bertz CT molecular complexity index is 2740. The number of anilines is 1. The maximum Gasteiger partial charge on any atom is 0.307 e. The van der Waals surface area contributed by atoms with E-state index in [-0.39, 0.29) is 39.0 Å². The second kappa shape index (κ2) is 22.4. The van der Waals surface area contributed by atoms with Crippen molar-refractivity contribution in [2.45, 2.75) is 78.1 Å². The van der Waals surface area contributed by atoms with Gasteiger partial charge in [-0.05, 0) is 130 Å². The van der Waals surface area contributed by atoms with Gasteiger partial charge in [-0.2, -0.15) is 0 Å². The first-order chi connectivity index (χ1) is 31.8. The van der Waals surface area contributed by atoms with Gasteiger partial charge in [-0.1, -0.05) is 82.9 Å². The highest BCUT2D eigenvalue weighted by Gasteiger charge is 2.24. The normalized spacial score (nSPS) is 15.8. The predicted octanol–water partition coefficient (Wildman–Crippen LogP) is 13.6. The Kier molecular flexibility index (Phi) is 16.0. The van der Waals surface area contributed by atoms with Gasteiger partial charge in [0.25, 0.3) is 0 Å². The summed E-state index contributed by atoms with van der Waals surface area (Å²) in [7, 11) is 0. The quantitative estimate of drug-likeness (QED) is 0.0505. The number of carbonyl (C=O) groups is 2. The Hall–Kier alpha value is -6.76. The fourth-order valence-electron chi connectivity index (χ4n) is 7.97. The van der Waals surface area contributed by atoms with Crippen LogP contribution >= 0.6 is 23.2 Å². The van der Waals surface area contributed by atoms with Gasteiger partial charge in [-0.25, -0.2) is 19.9 Å². The molecule has 0 unspecified atom stereocenters. The molecule has 338 valence electrons. The highest BCUT2D eigenvalue weighted by Crippen LogP contribution is 2.35. The molecule has 0 spiro atoms. The summed E-state index contributed by atoms with van der Waals surface area (Å²) in [4.78, 5) is 52.0. The van der Waals surface area contributed by atoms with Crippen molar-refractivity contribution in [1.29, 1.82) is 0 Å². The van der Waals surface area contributed by atoms with Gasteiger partial charge in [0.2, 0.25) is 16.9 Å². The van der Waals surface area contributed by atoms with Crippen molar-refractivity contribution in [1.82, 2.24) is 19.9 Å². The summed E-state index contributed by atoms with van der Waals surface area (Å²) in [6.45, 7) is 3.98. The molecule has 6 aromatic rings. The SMILES string of the molecule is Cc1ccc(Oc2cccc(C=C3CCC(CC(=O)c4cnc(Cl)c(N)c4)CC3)c2)nc1.Cc1ccc(Oc2cccc(C=C3CCC(CC(=O)c4cnc(Cl)c([N+](=O)[O-])c4)CC3)c2)nc1. The lowest BCUT2D eigenvalue weighted by Crippen LogP contribution is -2.14. The van der Waals surface area contributed by atoms with Gasteiger partial charge in [0.1, 0.15) is 11.5 Å². The fourth-order valence-corrected chi connectivity index (χ4v) is 8.24. The average molecular weight is 926 g/mol. The molecule has 2 N–H and O–H groups in total. The van der Waals surface area contributed by atoms with Crippen molar-refractivity contribution >= 4 is 58.3 Å². The topological polar surface area (TPSA) is 173 Å². The molecular formula is C52H50Cl2N6O6. The molecular weight excluding hydrogens is 876 g/mol. The third-order valence-corrected chi connectivity index (χ3v) is 12.2. The van der Waals surface area contributed by atoms with Crippen molar-refractivity contribution < 1.29 is 24.0 Å². The number of rotatable bonds is 13. The van der Waals surface area contributed by atoms with Crippen LogP contribution in [0.15, 0.2) is 121 Å². The molecule has 0 saturated heterocycles. The van der Waals surface area contributed by atoms with Crippen LogP contribution in [0.1, 0.15) is 107 Å². The molecule has 2 aliphatic carbocycles. The number of hydrogen-bond acceptors (Lipinski definition) is 11. The minimum Gasteiger partial charge on any atom is -0.439 e. The summed E-state index contributed by atoms with van der Waals surface area (Å²) in [6, 6.07) is 26.4. The molecule has 2 aromatic carbocycles. The van der Waals surface area contributed by atoms with Crippen LogP contribution in [-0.4, -0.2) is 36.4 Å². The summed E-state index contributed by atoms with van der Waals surface area (Å²) in [5.74, 6) is 3.19. The van der Waals surface area contributed by atoms with E-state index in [1.165, 1.54) is 29.6 Å². The number of aromatic nitrogens is 4. The van der Waals surface area contributed by atoms with Gasteiger partial charge in [-0.3, -0.25) is 19.7 Å². The summed E-state index contributed by atoms with van der Waals surface area (Å²) in [5, 5.41) is 11.1. The Labute approximate surface area is 394 Å². The van der Waals surface area contributed by atoms with Crippen LogP contribution in [0.4, 0.5) is 11.4 Å². The summed E-state index contributed by atoms with van der Waals surface area (Å²) in [5.41, 5.74) is 13.6. The molecule has 4 aromatic heterocycles. The Balaban J connectivity index is 0.000000197. The van der Waals surface area contributed by atoms with Crippen molar-refractivity contribution in [3.8, 4) is 23.3 Å². The molecule has 8 rings (SSSR count). The highest BCUT2D eigenvalue weighted by atomic mass is 35.5. The smallest absolute Gasteiger partial charge is 0.307 e. The number of nitrogens with two attached hydrogens (primary N) is 1. The maximum atomic E-state index is 12.6. The lowest BCUT2D eigenvalue weighted by atomic mass is 9.82. The summed E-state index contributed by atoms with van der Waals surface area (Å²) < 4.78 is 11.7. The molecule has 0 radical (unpaired) electrons. The largest absolute Gasteiger partial charge is 0.439 e. The number of Topliss-reactive ketones (excluding diaryl/α,β-unsaturated/α-hetero) is 2. The highest BCUT2D eigenvalue weighted by molar-refractivity contribution is 6.32. The van der Waals surface area contributed by atoms with Gasteiger partial charge in [0.15, 0.2) is 16.7 Å². The standard InChI is InChI=1S/C26H24ClN3O4.C26H26ClN3O2/c1-17-5-10-25(28-15-17)34-22-4-2-3-20(12-22)11-18-6-8-19(9-7-18)13-24(31)21-14-23(30(32)33)26(27)29-16-21;1-17-5-10-25(29-15-17)32-22-4-2-3-20(12-22)11-18-6-8-19(9-7-18)13-24(31)21-14-23(28)26(27)30-16-21/h2-5,10-12,14-16,19H,6-9,13H2,1H3;2-5,10-12,14-16,19H,6-9,13,28H2,1H3. The number of halogens is 2. The fraction of sp³-hybridized carbons (Fsp3) is 0.269. The number of nitrogen functional groups attached to an aromatic ring is 1. The van der Waals surface area contributed by atoms with Crippen LogP contribution < -0.4 is 15.2 Å². The van der Waals surface area contributed by atoms with Crippen LogP contribution in [0.3, 0.4) is 0 Å². The maximum absolute atomic E-state index is 12.6. The van der Waals surface area contributed by atoms with Gasteiger partial charge in [0.05, 0.1) is 10.6 Å². The van der Waals surface area contributed by atoms with E-state index in [1.807, 2.05) is 80.6 Å². The molecule has 0 bridgehead atoms. The second-order valence-electron chi connectivity index (χ2n) is 16.8. The number of hydrogen-bond donors (Lipinski definition) is 1. The van der Waals surface area contributed by atoms with Crippen LogP contribution in [0.5, 0.6) is 23.3 Å². The number of ether oxygens (including phenoxy) is 2. The average Bonchev–Trinajstić information content (AvgIpc) is 3.30. The van der Waals surface area contributed by atoms with E-state index in [2.05, 4.69) is 38.2 Å². The van der Waals surface area contributed by atoms with Gasteiger partial charge >= 0.3 is 5.69 Å². The summed E-state index contributed by atoms with van der Waals surface area (Å²) in [6.07, 6.45) is 19.2. The van der Waals surface area contributed by atoms with E-state index in [0.29, 0.717) is 41.8 Å². The van der Waals surface area contributed by atoms with E-state index in [4.69, 9.17) is 38.4 Å². The second-order valence-corrected chi connectivity index (χ2v) is 17.6.